The lowest BCUT2D eigenvalue weighted by Gasteiger charge is -2.35. The molecule has 3 N–H and O–H groups in total. The van der Waals surface area contributed by atoms with Crippen LogP contribution in [0.25, 0.3) is 5.57 Å². The third kappa shape index (κ3) is 2.95. The molecule has 0 spiro atoms. The Morgan fingerprint density at radius 2 is 2.00 bits per heavy atom. The van der Waals surface area contributed by atoms with Crippen molar-refractivity contribution in [3.8, 4) is 0 Å². The molecule has 2 fully saturated rings. The monoisotopic (exact) mass is 325 g/mol. The maximum atomic E-state index is 12.8. The van der Waals surface area contributed by atoms with Crippen LogP contribution in [-0.2, 0) is 0 Å². The topological polar surface area (TPSA) is 58.4 Å². The molecule has 2 aliphatic heterocycles. The predicted octanol–water partition coefficient (Wildman–Crippen LogP) is 3.14. The van der Waals surface area contributed by atoms with E-state index in [9.17, 15) is 4.79 Å². The van der Waals surface area contributed by atoms with Crippen molar-refractivity contribution in [2.75, 3.05) is 6.54 Å². The molecule has 4 unspecified atom stereocenters. The smallest absolute Gasteiger partial charge is 0.318 e. The van der Waals surface area contributed by atoms with Crippen molar-refractivity contribution in [1.29, 1.82) is 0 Å². The molecule has 2 heterocycles. The summed E-state index contributed by atoms with van der Waals surface area (Å²) in [6.45, 7) is 0.741. The second kappa shape index (κ2) is 6.60. The van der Waals surface area contributed by atoms with Crippen molar-refractivity contribution in [2.24, 2.45) is 11.7 Å². The number of hydrogen-bond donors (Lipinski definition) is 2. The van der Waals surface area contributed by atoms with Crippen molar-refractivity contribution >= 4 is 11.6 Å². The summed E-state index contributed by atoms with van der Waals surface area (Å²) in [5, 5.41) is 3.27. The van der Waals surface area contributed by atoms with Crippen LogP contribution in [0.1, 0.15) is 44.1 Å². The first-order valence-corrected chi connectivity index (χ1v) is 9.29. The van der Waals surface area contributed by atoms with E-state index in [1.54, 1.807) is 0 Å². The van der Waals surface area contributed by atoms with Crippen LogP contribution < -0.4 is 11.1 Å². The number of nitrogens with zero attached hydrogens (tertiary/aromatic N) is 1. The zero-order chi connectivity index (χ0) is 16.5. The van der Waals surface area contributed by atoms with Crippen LogP contribution >= 0.6 is 0 Å². The molecule has 2 bridgehead atoms. The Morgan fingerprint density at radius 3 is 2.71 bits per heavy atom. The van der Waals surface area contributed by atoms with Crippen LogP contribution in [0.3, 0.4) is 0 Å². The average molecular weight is 325 g/mol. The molecule has 4 rings (SSSR count). The van der Waals surface area contributed by atoms with E-state index in [0.29, 0.717) is 18.0 Å². The SMILES string of the molecule is NCC1CCC(NC(=O)N2C3C=C(c4ccccc4)CC2CC3)C1. The molecule has 2 amide bonds. The summed E-state index contributed by atoms with van der Waals surface area (Å²) in [5.41, 5.74) is 8.46. The lowest BCUT2D eigenvalue weighted by Crippen LogP contribution is -2.50. The van der Waals surface area contributed by atoms with E-state index >= 15 is 0 Å². The van der Waals surface area contributed by atoms with Crippen molar-refractivity contribution in [2.45, 2.75) is 56.7 Å². The fraction of sp³-hybridized carbons (Fsp3) is 0.550. The molecule has 4 nitrogen and oxygen atoms in total. The molecule has 128 valence electrons. The minimum atomic E-state index is 0.133. The average Bonchev–Trinajstić information content (AvgIpc) is 3.17. The van der Waals surface area contributed by atoms with Gasteiger partial charge in [0, 0.05) is 12.1 Å². The van der Waals surface area contributed by atoms with E-state index in [2.05, 4.69) is 46.6 Å². The molecule has 1 aromatic rings. The molecule has 3 aliphatic rings. The summed E-state index contributed by atoms with van der Waals surface area (Å²) >= 11 is 0. The van der Waals surface area contributed by atoms with Gasteiger partial charge in [-0.1, -0.05) is 36.4 Å². The van der Waals surface area contributed by atoms with E-state index in [-0.39, 0.29) is 12.1 Å². The Bertz CT molecular complexity index is 627. The van der Waals surface area contributed by atoms with Gasteiger partial charge in [0.1, 0.15) is 0 Å². The van der Waals surface area contributed by atoms with Crippen molar-refractivity contribution < 1.29 is 4.79 Å². The molecule has 4 atom stereocenters. The van der Waals surface area contributed by atoms with Crippen molar-refractivity contribution in [3.05, 3.63) is 42.0 Å². The molecule has 0 aromatic heterocycles. The molecule has 24 heavy (non-hydrogen) atoms. The van der Waals surface area contributed by atoms with Gasteiger partial charge in [-0.25, -0.2) is 4.79 Å². The van der Waals surface area contributed by atoms with Crippen LogP contribution in [0.4, 0.5) is 4.79 Å². The van der Waals surface area contributed by atoms with Gasteiger partial charge < -0.3 is 16.0 Å². The highest BCUT2D eigenvalue weighted by Gasteiger charge is 2.40. The first kappa shape index (κ1) is 15.7. The van der Waals surface area contributed by atoms with Crippen LogP contribution in [0.15, 0.2) is 36.4 Å². The summed E-state index contributed by atoms with van der Waals surface area (Å²) in [6, 6.07) is 11.6. The second-order valence-electron chi connectivity index (χ2n) is 7.53. The van der Waals surface area contributed by atoms with Gasteiger partial charge >= 0.3 is 6.03 Å². The zero-order valence-electron chi connectivity index (χ0n) is 14.2. The van der Waals surface area contributed by atoms with Gasteiger partial charge in [0.05, 0.1) is 6.04 Å². The number of nitrogens with one attached hydrogen (secondary N) is 1. The number of nitrogens with two attached hydrogens (primary N) is 1. The summed E-state index contributed by atoms with van der Waals surface area (Å²) < 4.78 is 0. The second-order valence-corrected chi connectivity index (χ2v) is 7.53. The van der Waals surface area contributed by atoms with Crippen molar-refractivity contribution in [3.63, 3.8) is 0 Å². The third-order valence-corrected chi connectivity index (χ3v) is 5.98. The standard InChI is InChI=1S/C20H27N3O/c21-13-14-6-7-17(10-14)22-20(24)23-18-8-9-19(23)12-16(11-18)15-4-2-1-3-5-15/h1-5,11,14,17-19H,6-10,12-13,21H2,(H,22,24). The molecular weight excluding hydrogens is 298 g/mol. The van der Waals surface area contributed by atoms with E-state index in [0.717, 1.165) is 45.1 Å². The van der Waals surface area contributed by atoms with Crippen LogP contribution in [-0.4, -0.2) is 35.6 Å². The largest absolute Gasteiger partial charge is 0.335 e. The summed E-state index contributed by atoms with van der Waals surface area (Å²) in [5.74, 6) is 0.581. The lowest BCUT2D eigenvalue weighted by molar-refractivity contribution is 0.176. The number of carbonyl (C=O) groups is 1. The maximum Gasteiger partial charge on any atom is 0.318 e. The lowest BCUT2D eigenvalue weighted by atomic mass is 9.95. The molecule has 1 aromatic carbocycles. The van der Waals surface area contributed by atoms with Crippen LogP contribution in [0.2, 0.25) is 0 Å². The van der Waals surface area contributed by atoms with Crippen LogP contribution in [0, 0.1) is 5.92 Å². The van der Waals surface area contributed by atoms with E-state index < -0.39 is 0 Å². The third-order valence-electron chi connectivity index (χ3n) is 5.98. The zero-order valence-corrected chi connectivity index (χ0v) is 14.2. The van der Waals surface area contributed by atoms with Crippen molar-refractivity contribution in [1.82, 2.24) is 10.2 Å². The molecule has 1 saturated carbocycles. The Morgan fingerprint density at radius 1 is 1.17 bits per heavy atom. The minimum Gasteiger partial charge on any atom is -0.335 e. The number of fused-ring (bicyclic) bond motifs is 2. The van der Waals surface area contributed by atoms with Gasteiger partial charge in [0.2, 0.25) is 0 Å². The highest BCUT2D eigenvalue weighted by molar-refractivity contribution is 5.79. The van der Waals surface area contributed by atoms with Gasteiger partial charge in [0.15, 0.2) is 0 Å². The molecule has 0 radical (unpaired) electrons. The fourth-order valence-corrected chi connectivity index (χ4v) is 4.68. The first-order chi connectivity index (χ1) is 11.7. The van der Waals surface area contributed by atoms with Gasteiger partial charge in [-0.05, 0) is 62.1 Å². The maximum absolute atomic E-state index is 12.8. The van der Waals surface area contributed by atoms with E-state index in [1.165, 1.54) is 11.1 Å². The fourth-order valence-electron chi connectivity index (χ4n) is 4.68. The number of rotatable bonds is 3. The molecule has 4 heteroatoms. The normalized spacial score (nSPS) is 31.9. The summed E-state index contributed by atoms with van der Waals surface area (Å²) in [4.78, 5) is 14.9. The van der Waals surface area contributed by atoms with Gasteiger partial charge in [-0.15, -0.1) is 0 Å². The quantitative estimate of drug-likeness (QED) is 0.897. The Hall–Kier alpha value is -1.81. The first-order valence-electron chi connectivity index (χ1n) is 9.29. The number of amides is 2. The predicted molar refractivity (Wildman–Crippen MR) is 96.4 cm³/mol. The number of benzene rings is 1. The number of carbonyl (C=O) groups excluding carboxylic acids is 1. The van der Waals surface area contributed by atoms with Gasteiger partial charge in [-0.3, -0.25) is 0 Å². The highest BCUT2D eigenvalue weighted by Crippen LogP contribution is 2.38. The number of urea groups is 1. The molecular formula is C20H27N3O. The highest BCUT2D eigenvalue weighted by atomic mass is 16.2. The van der Waals surface area contributed by atoms with E-state index in [4.69, 9.17) is 5.73 Å². The Balaban J connectivity index is 1.44. The minimum absolute atomic E-state index is 0.133. The van der Waals surface area contributed by atoms with Gasteiger partial charge in [0.25, 0.3) is 0 Å². The van der Waals surface area contributed by atoms with Crippen LogP contribution in [0.5, 0.6) is 0 Å². The Kier molecular flexibility index (Phi) is 4.31. The van der Waals surface area contributed by atoms with Gasteiger partial charge in [-0.2, -0.15) is 0 Å². The van der Waals surface area contributed by atoms with E-state index in [1.807, 2.05) is 0 Å². The molecule has 1 saturated heterocycles. The Labute approximate surface area is 144 Å². The molecule has 1 aliphatic carbocycles. The number of hydrogen-bond acceptors (Lipinski definition) is 2. The summed E-state index contributed by atoms with van der Waals surface area (Å²) in [7, 11) is 0. The summed E-state index contributed by atoms with van der Waals surface area (Å²) in [6.07, 6.45) is 8.75.